The minimum absolute atomic E-state index is 0.128. The van der Waals surface area contributed by atoms with Gasteiger partial charge in [0.15, 0.2) is 0 Å². The molecular formula is C13H14N4. The van der Waals surface area contributed by atoms with E-state index in [2.05, 4.69) is 23.3 Å². The Morgan fingerprint density at radius 1 is 1.35 bits per heavy atom. The number of benzene rings is 1. The van der Waals surface area contributed by atoms with E-state index < -0.39 is 0 Å². The molecule has 0 amide bonds. The van der Waals surface area contributed by atoms with E-state index in [4.69, 9.17) is 5.26 Å². The molecule has 1 aromatic heterocycles. The van der Waals surface area contributed by atoms with Gasteiger partial charge in [-0.15, -0.1) is 0 Å². The van der Waals surface area contributed by atoms with Crippen LogP contribution in [0.2, 0.25) is 0 Å². The molecule has 0 saturated carbocycles. The number of hydrogen-bond acceptors (Lipinski definition) is 3. The Morgan fingerprint density at radius 3 is 2.59 bits per heavy atom. The molecule has 1 aromatic carbocycles. The first-order chi connectivity index (χ1) is 8.20. The summed E-state index contributed by atoms with van der Waals surface area (Å²) in [5.41, 5.74) is 1.65. The maximum absolute atomic E-state index is 8.71. The number of aryl methyl sites for hydroxylation is 1. The average molecular weight is 226 g/mol. The molecule has 0 fully saturated rings. The topological polar surface area (TPSA) is 53.6 Å². The van der Waals surface area contributed by atoms with Crippen LogP contribution in [-0.2, 0) is 7.05 Å². The summed E-state index contributed by atoms with van der Waals surface area (Å²) >= 11 is 0. The molecule has 0 bridgehead atoms. The molecule has 0 saturated heterocycles. The van der Waals surface area contributed by atoms with Crippen LogP contribution in [0.25, 0.3) is 0 Å². The van der Waals surface area contributed by atoms with Crippen LogP contribution < -0.4 is 5.32 Å². The summed E-state index contributed by atoms with van der Waals surface area (Å²) in [5, 5.41) is 12.1. The number of aromatic nitrogens is 2. The van der Waals surface area contributed by atoms with Gasteiger partial charge in [-0.1, -0.05) is 0 Å². The second-order valence-electron chi connectivity index (χ2n) is 3.95. The monoisotopic (exact) mass is 226 g/mol. The minimum Gasteiger partial charge on any atom is -0.375 e. The van der Waals surface area contributed by atoms with Crippen molar-refractivity contribution < 1.29 is 0 Å². The summed E-state index contributed by atoms with van der Waals surface area (Å²) in [6.45, 7) is 2.06. The summed E-state index contributed by atoms with van der Waals surface area (Å²) < 4.78 is 1.99. The van der Waals surface area contributed by atoms with Gasteiger partial charge in [0.1, 0.15) is 5.82 Å². The van der Waals surface area contributed by atoms with E-state index >= 15 is 0 Å². The predicted octanol–water partition coefficient (Wildman–Crippen LogP) is 2.46. The Morgan fingerprint density at radius 2 is 2.06 bits per heavy atom. The normalized spacial score (nSPS) is 11.8. The van der Waals surface area contributed by atoms with Crippen molar-refractivity contribution in [2.24, 2.45) is 7.05 Å². The molecule has 4 nitrogen and oxygen atoms in total. The first-order valence-electron chi connectivity index (χ1n) is 5.44. The van der Waals surface area contributed by atoms with Gasteiger partial charge in [-0.25, -0.2) is 4.98 Å². The number of nitriles is 1. The number of nitrogens with zero attached hydrogens (tertiary/aromatic N) is 3. The van der Waals surface area contributed by atoms with Crippen LogP contribution in [0.15, 0.2) is 36.7 Å². The highest BCUT2D eigenvalue weighted by Gasteiger charge is 2.09. The lowest BCUT2D eigenvalue weighted by Crippen LogP contribution is -2.11. The molecule has 1 unspecified atom stereocenters. The Labute approximate surface area is 101 Å². The van der Waals surface area contributed by atoms with Crippen molar-refractivity contribution in [2.45, 2.75) is 13.0 Å². The van der Waals surface area contributed by atoms with Crippen molar-refractivity contribution in [1.82, 2.24) is 9.55 Å². The molecule has 0 aliphatic rings. The van der Waals surface area contributed by atoms with E-state index in [0.29, 0.717) is 5.56 Å². The largest absolute Gasteiger partial charge is 0.375 e. The summed E-state index contributed by atoms with van der Waals surface area (Å²) in [6, 6.07) is 9.63. The van der Waals surface area contributed by atoms with Gasteiger partial charge >= 0.3 is 0 Å². The quantitative estimate of drug-likeness (QED) is 0.874. The molecule has 2 aromatic rings. The predicted molar refractivity (Wildman–Crippen MR) is 66.4 cm³/mol. The summed E-state index contributed by atoms with van der Waals surface area (Å²) in [4.78, 5) is 4.29. The standard InChI is InChI=1S/C13H14N4/c1-10(13-15-7-8-17(13)2)16-12-5-3-11(9-14)4-6-12/h3-8,10,16H,1-2H3. The van der Waals surface area contributed by atoms with Crippen molar-refractivity contribution in [3.05, 3.63) is 48.0 Å². The van der Waals surface area contributed by atoms with Crippen LogP contribution in [0.3, 0.4) is 0 Å². The maximum Gasteiger partial charge on any atom is 0.130 e. The zero-order valence-electron chi connectivity index (χ0n) is 9.88. The van der Waals surface area contributed by atoms with Gasteiger partial charge in [0, 0.05) is 25.1 Å². The number of imidazole rings is 1. The number of hydrogen-bond donors (Lipinski definition) is 1. The van der Waals surface area contributed by atoms with E-state index in [1.807, 2.05) is 29.9 Å². The molecule has 1 N–H and O–H groups in total. The second kappa shape index (κ2) is 4.71. The average Bonchev–Trinajstić information content (AvgIpc) is 2.76. The molecular weight excluding hydrogens is 212 g/mol. The van der Waals surface area contributed by atoms with E-state index in [-0.39, 0.29) is 6.04 Å². The number of rotatable bonds is 3. The zero-order chi connectivity index (χ0) is 12.3. The second-order valence-corrected chi connectivity index (χ2v) is 3.95. The van der Waals surface area contributed by atoms with Crippen molar-refractivity contribution in [1.29, 1.82) is 5.26 Å². The summed E-state index contributed by atoms with van der Waals surface area (Å²) in [5.74, 6) is 0.981. The third-order valence-corrected chi connectivity index (χ3v) is 2.64. The summed E-state index contributed by atoms with van der Waals surface area (Å²) in [7, 11) is 1.97. The highest BCUT2D eigenvalue weighted by Crippen LogP contribution is 2.17. The van der Waals surface area contributed by atoms with E-state index in [1.165, 1.54) is 0 Å². The summed E-state index contributed by atoms with van der Waals surface area (Å²) in [6.07, 6.45) is 3.71. The maximum atomic E-state index is 8.71. The van der Waals surface area contributed by atoms with Gasteiger partial charge in [0.25, 0.3) is 0 Å². The molecule has 0 aliphatic carbocycles. The van der Waals surface area contributed by atoms with Gasteiger partial charge in [0.2, 0.25) is 0 Å². The number of nitrogens with one attached hydrogen (secondary N) is 1. The molecule has 0 radical (unpaired) electrons. The molecule has 4 heteroatoms. The Kier molecular flexibility index (Phi) is 3.10. The first-order valence-corrected chi connectivity index (χ1v) is 5.44. The van der Waals surface area contributed by atoms with Gasteiger partial charge < -0.3 is 9.88 Å². The van der Waals surface area contributed by atoms with Crippen LogP contribution in [0.1, 0.15) is 24.4 Å². The van der Waals surface area contributed by atoms with Gasteiger partial charge in [-0.2, -0.15) is 5.26 Å². The van der Waals surface area contributed by atoms with Gasteiger partial charge in [-0.3, -0.25) is 0 Å². The molecule has 0 aliphatic heterocycles. The molecule has 2 rings (SSSR count). The molecule has 0 spiro atoms. The van der Waals surface area contributed by atoms with Crippen molar-refractivity contribution in [3.63, 3.8) is 0 Å². The Bertz CT molecular complexity index is 533. The lowest BCUT2D eigenvalue weighted by Gasteiger charge is -2.14. The van der Waals surface area contributed by atoms with E-state index in [9.17, 15) is 0 Å². The Hall–Kier alpha value is -2.28. The SMILES string of the molecule is CC(Nc1ccc(C#N)cc1)c1nccn1C. The fraction of sp³-hybridized carbons (Fsp3) is 0.231. The van der Waals surface area contributed by atoms with Crippen LogP contribution in [-0.4, -0.2) is 9.55 Å². The van der Waals surface area contributed by atoms with Crippen LogP contribution >= 0.6 is 0 Å². The first kappa shape index (κ1) is 11.2. The zero-order valence-corrected chi connectivity index (χ0v) is 9.88. The van der Waals surface area contributed by atoms with E-state index in [0.717, 1.165) is 11.5 Å². The van der Waals surface area contributed by atoms with Crippen LogP contribution in [0.4, 0.5) is 5.69 Å². The van der Waals surface area contributed by atoms with Crippen molar-refractivity contribution >= 4 is 5.69 Å². The number of anilines is 1. The fourth-order valence-electron chi connectivity index (χ4n) is 1.75. The third kappa shape index (κ3) is 2.45. The van der Waals surface area contributed by atoms with Gasteiger partial charge in [0.05, 0.1) is 17.7 Å². The van der Waals surface area contributed by atoms with Crippen molar-refractivity contribution in [3.8, 4) is 6.07 Å². The highest BCUT2D eigenvalue weighted by molar-refractivity contribution is 5.48. The van der Waals surface area contributed by atoms with Crippen molar-refractivity contribution in [2.75, 3.05) is 5.32 Å². The fourth-order valence-corrected chi connectivity index (χ4v) is 1.75. The molecule has 17 heavy (non-hydrogen) atoms. The minimum atomic E-state index is 0.128. The Balaban J connectivity index is 2.11. The van der Waals surface area contributed by atoms with Crippen LogP contribution in [0.5, 0.6) is 0 Å². The van der Waals surface area contributed by atoms with E-state index in [1.54, 1.807) is 18.3 Å². The van der Waals surface area contributed by atoms with Gasteiger partial charge in [-0.05, 0) is 31.2 Å². The van der Waals surface area contributed by atoms with Crippen LogP contribution in [0, 0.1) is 11.3 Å². The molecule has 86 valence electrons. The lowest BCUT2D eigenvalue weighted by molar-refractivity contribution is 0.722. The highest BCUT2D eigenvalue weighted by atomic mass is 15.1. The third-order valence-electron chi connectivity index (χ3n) is 2.64. The lowest BCUT2D eigenvalue weighted by atomic mass is 10.2. The molecule has 1 heterocycles. The smallest absolute Gasteiger partial charge is 0.130 e. The molecule has 1 atom stereocenters.